The lowest BCUT2D eigenvalue weighted by atomic mass is 10.1. The molecule has 0 saturated carbocycles. The van der Waals surface area contributed by atoms with Crippen LogP contribution in [-0.4, -0.2) is 11.7 Å². The Bertz CT molecular complexity index is 656. The average molecular weight is 301 g/mol. The van der Waals surface area contributed by atoms with E-state index in [0.29, 0.717) is 11.3 Å². The molecule has 1 N–H and O–H groups in total. The number of carbonyl (C=O) groups is 2. The van der Waals surface area contributed by atoms with Gasteiger partial charge in [-0.15, -0.1) is 11.3 Å². The maximum atomic E-state index is 12.2. The molecule has 0 aliphatic rings. The zero-order valence-corrected chi connectivity index (χ0v) is 13.3. The molecule has 1 aromatic heterocycles. The second-order valence-corrected chi connectivity index (χ2v) is 6.29. The monoisotopic (exact) mass is 301 g/mol. The minimum Gasteiger partial charge on any atom is -0.321 e. The second kappa shape index (κ2) is 6.68. The van der Waals surface area contributed by atoms with Gasteiger partial charge in [0, 0.05) is 16.1 Å². The number of hydrogen-bond acceptors (Lipinski definition) is 3. The Labute approximate surface area is 129 Å². The summed E-state index contributed by atoms with van der Waals surface area (Å²) in [7, 11) is 0. The predicted octanol–water partition coefficient (Wildman–Crippen LogP) is 4.46. The van der Waals surface area contributed by atoms with Crippen molar-refractivity contribution in [2.75, 3.05) is 5.32 Å². The number of rotatable bonds is 5. The first-order chi connectivity index (χ1) is 10.0. The molecule has 1 amide bonds. The molecule has 110 valence electrons. The zero-order valence-electron chi connectivity index (χ0n) is 12.5. The van der Waals surface area contributed by atoms with Crippen LogP contribution in [0.4, 0.5) is 5.69 Å². The molecule has 2 aromatic rings. The third-order valence-electron chi connectivity index (χ3n) is 3.31. The van der Waals surface area contributed by atoms with Gasteiger partial charge in [-0.1, -0.05) is 13.3 Å². The Morgan fingerprint density at radius 1 is 1.19 bits per heavy atom. The molecule has 0 bridgehead atoms. The smallest absolute Gasteiger partial charge is 0.265 e. The number of carbonyl (C=O) groups excluding carboxylic acids is 2. The number of thiophene rings is 1. The van der Waals surface area contributed by atoms with Crippen LogP contribution in [0.2, 0.25) is 0 Å². The van der Waals surface area contributed by atoms with Gasteiger partial charge >= 0.3 is 0 Å². The lowest BCUT2D eigenvalue weighted by Gasteiger charge is -2.04. The SMILES string of the molecule is CCCc1cc(C(=O)Nc2ccc(C(C)=O)cc2)sc1C. The largest absolute Gasteiger partial charge is 0.321 e. The van der Waals surface area contributed by atoms with Gasteiger partial charge in [0.25, 0.3) is 5.91 Å². The highest BCUT2D eigenvalue weighted by Crippen LogP contribution is 2.24. The molecule has 1 aromatic carbocycles. The predicted molar refractivity (Wildman–Crippen MR) is 87.5 cm³/mol. The molecule has 4 heteroatoms. The Morgan fingerprint density at radius 3 is 2.43 bits per heavy atom. The lowest BCUT2D eigenvalue weighted by Crippen LogP contribution is -2.10. The van der Waals surface area contributed by atoms with Crippen molar-refractivity contribution in [3.05, 3.63) is 51.2 Å². The average Bonchev–Trinajstić information content (AvgIpc) is 2.81. The Hall–Kier alpha value is -1.94. The maximum absolute atomic E-state index is 12.2. The topological polar surface area (TPSA) is 46.2 Å². The van der Waals surface area contributed by atoms with Crippen LogP contribution in [0.25, 0.3) is 0 Å². The van der Waals surface area contributed by atoms with Gasteiger partial charge < -0.3 is 5.32 Å². The molecule has 0 saturated heterocycles. The highest BCUT2D eigenvalue weighted by molar-refractivity contribution is 7.14. The van der Waals surface area contributed by atoms with Crippen molar-refractivity contribution < 1.29 is 9.59 Å². The van der Waals surface area contributed by atoms with Crippen molar-refractivity contribution in [2.24, 2.45) is 0 Å². The van der Waals surface area contributed by atoms with Crippen molar-refractivity contribution in [1.82, 2.24) is 0 Å². The van der Waals surface area contributed by atoms with E-state index in [0.717, 1.165) is 17.7 Å². The summed E-state index contributed by atoms with van der Waals surface area (Å²) < 4.78 is 0. The molecule has 0 aliphatic carbocycles. The van der Waals surface area contributed by atoms with Crippen molar-refractivity contribution in [1.29, 1.82) is 0 Å². The molecular weight excluding hydrogens is 282 g/mol. The Balaban J connectivity index is 2.10. The number of Topliss-reactive ketones (excluding diaryl/α,β-unsaturated/α-hetero) is 1. The van der Waals surface area contributed by atoms with Crippen molar-refractivity contribution in [3.8, 4) is 0 Å². The van der Waals surface area contributed by atoms with Crippen LogP contribution in [0.1, 0.15) is 50.7 Å². The number of ketones is 1. The summed E-state index contributed by atoms with van der Waals surface area (Å²) in [5.41, 5.74) is 2.60. The third kappa shape index (κ3) is 3.79. The first kappa shape index (κ1) is 15.4. The van der Waals surface area contributed by atoms with Crippen LogP contribution in [0, 0.1) is 6.92 Å². The zero-order chi connectivity index (χ0) is 15.4. The van der Waals surface area contributed by atoms with E-state index in [9.17, 15) is 9.59 Å². The van der Waals surface area contributed by atoms with E-state index in [2.05, 4.69) is 12.2 Å². The quantitative estimate of drug-likeness (QED) is 0.828. The normalized spacial score (nSPS) is 10.4. The van der Waals surface area contributed by atoms with Crippen LogP contribution in [0.5, 0.6) is 0 Å². The van der Waals surface area contributed by atoms with Crippen LogP contribution >= 0.6 is 11.3 Å². The summed E-state index contributed by atoms with van der Waals surface area (Å²) in [6.07, 6.45) is 2.08. The standard InChI is InChI=1S/C17H19NO2S/c1-4-5-14-10-16(21-12(14)3)17(20)18-15-8-6-13(7-9-15)11(2)19/h6-10H,4-5H2,1-3H3,(H,18,20). The van der Waals surface area contributed by atoms with Crippen molar-refractivity contribution in [3.63, 3.8) is 0 Å². The first-order valence-electron chi connectivity index (χ1n) is 7.03. The van der Waals surface area contributed by atoms with E-state index in [1.165, 1.54) is 28.7 Å². The van der Waals surface area contributed by atoms with E-state index in [4.69, 9.17) is 0 Å². The fourth-order valence-electron chi connectivity index (χ4n) is 2.13. The van der Waals surface area contributed by atoms with E-state index >= 15 is 0 Å². The summed E-state index contributed by atoms with van der Waals surface area (Å²) in [4.78, 5) is 25.4. The van der Waals surface area contributed by atoms with Gasteiger partial charge in [-0.2, -0.15) is 0 Å². The fourth-order valence-corrected chi connectivity index (χ4v) is 3.10. The van der Waals surface area contributed by atoms with Gasteiger partial charge in [0.2, 0.25) is 0 Å². The van der Waals surface area contributed by atoms with Crippen LogP contribution in [0.3, 0.4) is 0 Å². The van der Waals surface area contributed by atoms with Gasteiger partial charge in [-0.05, 0) is 56.2 Å². The molecule has 21 heavy (non-hydrogen) atoms. The van der Waals surface area contributed by atoms with Crippen LogP contribution in [-0.2, 0) is 6.42 Å². The molecule has 0 spiro atoms. The van der Waals surface area contributed by atoms with Crippen molar-refractivity contribution in [2.45, 2.75) is 33.6 Å². The molecule has 1 heterocycles. The minimum absolute atomic E-state index is 0.0194. The highest BCUT2D eigenvalue weighted by atomic mass is 32.1. The molecular formula is C17H19NO2S. The molecule has 0 unspecified atom stereocenters. The molecule has 0 atom stereocenters. The summed E-state index contributed by atoms with van der Waals surface area (Å²) >= 11 is 1.52. The summed E-state index contributed by atoms with van der Waals surface area (Å²) in [5, 5.41) is 2.87. The fraction of sp³-hybridized carbons (Fsp3) is 0.294. The maximum Gasteiger partial charge on any atom is 0.265 e. The number of nitrogens with one attached hydrogen (secondary N) is 1. The van der Waals surface area contributed by atoms with Gasteiger partial charge in [-0.25, -0.2) is 0 Å². The van der Waals surface area contributed by atoms with Crippen LogP contribution < -0.4 is 5.32 Å². The van der Waals surface area contributed by atoms with E-state index in [-0.39, 0.29) is 11.7 Å². The van der Waals surface area contributed by atoms with Gasteiger partial charge in [0.1, 0.15) is 0 Å². The Kier molecular flexibility index (Phi) is 4.91. The van der Waals surface area contributed by atoms with E-state index in [1.807, 2.05) is 13.0 Å². The second-order valence-electron chi connectivity index (χ2n) is 5.03. The lowest BCUT2D eigenvalue weighted by molar-refractivity contribution is 0.101. The summed E-state index contributed by atoms with van der Waals surface area (Å²) in [5.74, 6) is -0.0769. The molecule has 0 radical (unpaired) electrons. The highest BCUT2D eigenvalue weighted by Gasteiger charge is 2.12. The Morgan fingerprint density at radius 2 is 1.86 bits per heavy atom. The minimum atomic E-state index is -0.0963. The molecule has 2 rings (SSSR count). The molecule has 0 fully saturated rings. The third-order valence-corrected chi connectivity index (χ3v) is 4.40. The molecule has 3 nitrogen and oxygen atoms in total. The van der Waals surface area contributed by atoms with Gasteiger partial charge in [0.05, 0.1) is 4.88 Å². The number of benzene rings is 1. The number of hydrogen-bond donors (Lipinski definition) is 1. The number of anilines is 1. The summed E-state index contributed by atoms with van der Waals surface area (Å²) in [6, 6.07) is 8.92. The van der Waals surface area contributed by atoms with Crippen molar-refractivity contribution >= 4 is 28.7 Å². The summed E-state index contributed by atoms with van der Waals surface area (Å²) in [6.45, 7) is 5.71. The van der Waals surface area contributed by atoms with E-state index in [1.54, 1.807) is 24.3 Å². The van der Waals surface area contributed by atoms with E-state index < -0.39 is 0 Å². The number of aryl methyl sites for hydroxylation is 2. The first-order valence-corrected chi connectivity index (χ1v) is 7.84. The number of amides is 1. The molecule has 0 aliphatic heterocycles. The van der Waals surface area contributed by atoms with Crippen LogP contribution in [0.15, 0.2) is 30.3 Å². The van der Waals surface area contributed by atoms with Gasteiger partial charge in [-0.3, -0.25) is 9.59 Å². The van der Waals surface area contributed by atoms with Gasteiger partial charge in [0.15, 0.2) is 5.78 Å².